The summed E-state index contributed by atoms with van der Waals surface area (Å²) < 4.78 is 24.2. The molecule has 2 aliphatic rings. The molecule has 6 aromatic rings. The molecule has 3 atom stereocenters. The summed E-state index contributed by atoms with van der Waals surface area (Å²) in [5.41, 5.74) is 6.85. The van der Waals surface area contributed by atoms with Gasteiger partial charge < -0.3 is 29.1 Å². The SMILES string of the molecule is N#Cc1ccc(-c2ccc(CC(NC(=O)[C@@H]3Cc4cc5c(cc4CN3Cc3ncco3)OC(c3ccc(OCc4ccc(Cl)c(Cl)c4)cc3)CO5)C(=O)O)cc2)cc1. The Labute approximate surface area is 344 Å². The predicted octanol–water partition coefficient (Wildman–Crippen LogP) is 8.35. The zero-order valence-corrected chi connectivity index (χ0v) is 32.5. The number of carboxylic acid groups (broad SMARTS) is 1. The molecule has 0 saturated heterocycles. The van der Waals surface area contributed by atoms with Crippen LogP contribution in [0.2, 0.25) is 10.0 Å². The molecule has 13 heteroatoms. The number of aliphatic carboxylic acids is 1. The Kier molecular flexibility index (Phi) is 11.3. The van der Waals surface area contributed by atoms with E-state index in [2.05, 4.69) is 16.4 Å². The summed E-state index contributed by atoms with van der Waals surface area (Å²) in [4.78, 5) is 32.7. The molecule has 8 rings (SSSR count). The van der Waals surface area contributed by atoms with E-state index in [1.54, 1.807) is 30.5 Å². The summed E-state index contributed by atoms with van der Waals surface area (Å²) in [6.07, 6.45) is 3.06. The molecule has 3 heterocycles. The number of hydrogen-bond acceptors (Lipinski definition) is 9. The molecule has 0 radical (unpaired) electrons. The van der Waals surface area contributed by atoms with Crippen molar-refractivity contribution in [3.63, 3.8) is 0 Å². The number of benzene rings is 5. The first-order chi connectivity index (χ1) is 28.2. The van der Waals surface area contributed by atoms with Crippen LogP contribution in [0.3, 0.4) is 0 Å². The van der Waals surface area contributed by atoms with Gasteiger partial charge in [0.1, 0.15) is 31.3 Å². The van der Waals surface area contributed by atoms with Crippen molar-refractivity contribution < 1.29 is 33.3 Å². The van der Waals surface area contributed by atoms with Gasteiger partial charge in [-0.25, -0.2) is 9.78 Å². The lowest BCUT2D eigenvalue weighted by Crippen LogP contribution is -2.54. The van der Waals surface area contributed by atoms with Crippen molar-refractivity contribution in [3.05, 3.63) is 165 Å². The maximum Gasteiger partial charge on any atom is 0.326 e. The first-order valence-electron chi connectivity index (χ1n) is 18.6. The number of carbonyl (C=O) groups is 2. The van der Waals surface area contributed by atoms with Crippen LogP contribution in [0.5, 0.6) is 17.2 Å². The fraction of sp³-hybridized carbons (Fsp3) is 0.200. The average Bonchev–Trinajstić information content (AvgIpc) is 3.76. The third-order valence-electron chi connectivity index (χ3n) is 10.3. The summed E-state index contributed by atoms with van der Waals surface area (Å²) in [5, 5.41) is 23.1. The van der Waals surface area contributed by atoms with Gasteiger partial charge in [0.05, 0.1) is 40.5 Å². The van der Waals surface area contributed by atoms with Gasteiger partial charge in [0.25, 0.3) is 0 Å². The first-order valence-corrected chi connectivity index (χ1v) is 19.3. The van der Waals surface area contributed by atoms with E-state index in [4.69, 9.17) is 47.1 Å². The third-order valence-corrected chi connectivity index (χ3v) is 11.0. The van der Waals surface area contributed by atoms with Crippen molar-refractivity contribution in [1.82, 2.24) is 15.2 Å². The molecule has 0 fully saturated rings. The van der Waals surface area contributed by atoms with Gasteiger partial charge in [-0.2, -0.15) is 5.26 Å². The number of rotatable bonds is 12. The number of nitrogens with zero attached hydrogens (tertiary/aromatic N) is 3. The number of nitrogens with one attached hydrogen (secondary N) is 1. The molecule has 0 spiro atoms. The minimum atomic E-state index is -1.17. The van der Waals surface area contributed by atoms with Crippen LogP contribution in [0.1, 0.15) is 45.4 Å². The molecule has 11 nitrogen and oxygen atoms in total. The van der Waals surface area contributed by atoms with Crippen molar-refractivity contribution in [3.8, 4) is 34.4 Å². The molecule has 0 aliphatic carbocycles. The molecule has 5 aromatic carbocycles. The van der Waals surface area contributed by atoms with Crippen molar-refractivity contribution in [2.24, 2.45) is 0 Å². The molecule has 0 saturated carbocycles. The second-order valence-corrected chi connectivity index (χ2v) is 14.9. The van der Waals surface area contributed by atoms with Crippen LogP contribution in [-0.2, 0) is 42.1 Å². The maximum atomic E-state index is 14.0. The highest BCUT2D eigenvalue weighted by Gasteiger charge is 2.36. The van der Waals surface area contributed by atoms with E-state index in [1.807, 2.05) is 83.8 Å². The number of oxazole rings is 1. The Balaban J connectivity index is 0.945. The van der Waals surface area contributed by atoms with Gasteiger partial charge in [-0.3, -0.25) is 9.69 Å². The van der Waals surface area contributed by atoms with Crippen LogP contribution >= 0.6 is 23.2 Å². The Morgan fingerprint density at radius 1 is 0.914 bits per heavy atom. The highest BCUT2D eigenvalue weighted by atomic mass is 35.5. The van der Waals surface area contributed by atoms with Crippen LogP contribution in [-0.4, -0.2) is 45.6 Å². The van der Waals surface area contributed by atoms with Crippen LogP contribution in [0.15, 0.2) is 120 Å². The van der Waals surface area contributed by atoms with E-state index in [9.17, 15) is 14.7 Å². The van der Waals surface area contributed by atoms with E-state index in [-0.39, 0.29) is 25.7 Å². The third kappa shape index (κ3) is 8.80. The summed E-state index contributed by atoms with van der Waals surface area (Å²) >= 11 is 12.2. The first kappa shape index (κ1) is 38.5. The lowest BCUT2D eigenvalue weighted by molar-refractivity contribution is -0.143. The lowest BCUT2D eigenvalue weighted by atomic mass is 9.92. The van der Waals surface area contributed by atoms with E-state index in [0.717, 1.165) is 38.9 Å². The number of halogens is 2. The standard InChI is InChI=1S/C45H36Cl2N4O7/c46-36-14-5-29(17-37(36)47)25-56-35-12-10-32(11-13-35)42-26-57-40-20-33-19-39(51(24-43-49-15-16-55-43)23-34(33)21-41(40)58-42)44(52)50-38(45(53)54)18-27-1-6-30(7-2-27)31-8-3-28(22-48)4-9-31/h1-17,20-21,38-39,42H,18-19,23-26H2,(H,50,52)(H,53,54)/t38?,39-,42?/m0/s1. The van der Waals surface area contributed by atoms with Gasteiger partial charge in [0.15, 0.2) is 17.6 Å². The Morgan fingerprint density at radius 3 is 2.33 bits per heavy atom. The quantitative estimate of drug-likeness (QED) is 0.124. The highest BCUT2D eigenvalue weighted by molar-refractivity contribution is 6.42. The van der Waals surface area contributed by atoms with Crippen LogP contribution < -0.4 is 19.5 Å². The second kappa shape index (κ2) is 17.0. The summed E-state index contributed by atoms with van der Waals surface area (Å²) in [6.45, 7) is 1.21. The van der Waals surface area contributed by atoms with Gasteiger partial charge in [-0.05, 0) is 93.9 Å². The number of aromatic nitrogens is 1. The molecule has 2 N–H and O–H groups in total. The second-order valence-electron chi connectivity index (χ2n) is 14.1. The molecule has 58 heavy (non-hydrogen) atoms. The predicted molar refractivity (Wildman–Crippen MR) is 216 cm³/mol. The number of carbonyl (C=O) groups excluding carboxylic acids is 1. The van der Waals surface area contributed by atoms with Gasteiger partial charge in [0, 0.05) is 13.0 Å². The summed E-state index contributed by atoms with van der Waals surface area (Å²) in [5.74, 6) is 0.725. The zero-order valence-electron chi connectivity index (χ0n) is 30.9. The largest absolute Gasteiger partial charge is 0.489 e. The molecule has 2 unspecified atom stereocenters. The molecule has 1 amide bonds. The topological polar surface area (TPSA) is 147 Å². The van der Waals surface area contributed by atoms with E-state index >= 15 is 0 Å². The van der Waals surface area contributed by atoms with Gasteiger partial charge in [-0.1, -0.05) is 77.8 Å². The molecule has 1 aromatic heterocycles. The molecule has 292 valence electrons. The van der Waals surface area contributed by atoms with E-state index in [1.165, 1.54) is 6.26 Å². The zero-order chi connectivity index (χ0) is 40.2. The molecular formula is C45H36Cl2N4O7. The monoisotopic (exact) mass is 814 g/mol. The average molecular weight is 816 g/mol. The Bertz CT molecular complexity index is 2470. The smallest absolute Gasteiger partial charge is 0.326 e. The summed E-state index contributed by atoms with van der Waals surface area (Å²) in [6, 6.07) is 31.9. The Hall–Kier alpha value is -6.32. The van der Waals surface area contributed by atoms with Crippen LogP contribution in [0.4, 0.5) is 0 Å². The van der Waals surface area contributed by atoms with Crippen molar-refractivity contribution in [1.29, 1.82) is 5.26 Å². The van der Waals surface area contributed by atoms with E-state index < -0.39 is 24.0 Å². The lowest BCUT2D eigenvalue weighted by Gasteiger charge is -2.37. The normalized spacial score (nSPS) is 16.4. The number of fused-ring (bicyclic) bond motifs is 2. The Morgan fingerprint density at radius 2 is 1.64 bits per heavy atom. The van der Waals surface area contributed by atoms with Gasteiger partial charge >= 0.3 is 5.97 Å². The van der Waals surface area contributed by atoms with Crippen molar-refractivity contribution in [2.75, 3.05) is 6.61 Å². The minimum absolute atomic E-state index is 0.0894. The van der Waals surface area contributed by atoms with E-state index in [0.29, 0.717) is 58.3 Å². The number of nitriles is 1. The minimum Gasteiger partial charge on any atom is -0.489 e. The molecule has 2 aliphatic heterocycles. The highest BCUT2D eigenvalue weighted by Crippen LogP contribution is 2.41. The van der Waals surface area contributed by atoms with Crippen LogP contribution in [0.25, 0.3) is 11.1 Å². The van der Waals surface area contributed by atoms with Crippen molar-refractivity contribution >= 4 is 35.1 Å². The van der Waals surface area contributed by atoms with Crippen molar-refractivity contribution in [2.45, 2.75) is 50.7 Å². The van der Waals surface area contributed by atoms with Crippen LogP contribution in [0, 0.1) is 11.3 Å². The fourth-order valence-corrected chi connectivity index (χ4v) is 7.47. The number of carboxylic acids is 1. The maximum absolute atomic E-state index is 14.0. The summed E-state index contributed by atoms with van der Waals surface area (Å²) in [7, 11) is 0. The van der Waals surface area contributed by atoms with Gasteiger partial charge in [-0.15, -0.1) is 0 Å². The number of ether oxygens (including phenoxy) is 3. The fourth-order valence-electron chi connectivity index (χ4n) is 7.15. The van der Waals surface area contributed by atoms with Gasteiger partial charge in [0.2, 0.25) is 11.8 Å². The molecule has 0 bridgehead atoms. The number of hydrogen-bond donors (Lipinski definition) is 2. The molecular weight excluding hydrogens is 779 g/mol. The number of amides is 1.